The van der Waals surface area contributed by atoms with Gasteiger partial charge in [0.25, 0.3) is 5.56 Å². The van der Waals surface area contributed by atoms with Gasteiger partial charge in [0.1, 0.15) is 12.4 Å². The zero-order valence-corrected chi connectivity index (χ0v) is 20.6. The number of halogens is 1. The summed E-state index contributed by atoms with van der Waals surface area (Å²) in [6.07, 6.45) is 5.19. The molecule has 0 bridgehead atoms. The van der Waals surface area contributed by atoms with E-state index in [1.54, 1.807) is 25.1 Å². The highest BCUT2D eigenvalue weighted by Gasteiger charge is 2.22. The molecule has 0 saturated carbocycles. The standard InChI is InChI=1S/C24H25BrN4O5/c1-4-7-8-22-27-19-10-9-17(25)14-18(19)24(30)28(22)26-15-16-12-20(29(31)32)23(34-11-5-2)21(13-16)33-6-3/h5,9-10,12-15H,2,4,6-8,11H2,1,3H3. The molecule has 178 valence electrons. The van der Waals surface area contributed by atoms with Crippen LogP contribution in [-0.2, 0) is 6.42 Å². The fraction of sp³-hybridized carbons (Fsp3) is 0.292. The van der Waals surface area contributed by atoms with Crippen molar-refractivity contribution in [3.8, 4) is 11.5 Å². The number of hydrogen-bond donors (Lipinski definition) is 0. The second-order valence-electron chi connectivity index (χ2n) is 7.31. The molecule has 0 fully saturated rings. The molecule has 1 heterocycles. The number of unbranched alkanes of at least 4 members (excludes halogenated alkanes) is 1. The molecule has 2 aromatic carbocycles. The van der Waals surface area contributed by atoms with E-state index in [0.29, 0.717) is 28.7 Å². The van der Waals surface area contributed by atoms with E-state index in [-0.39, 0.29) is 36.0 Å². The van der Waals surface area contributed by atoms with Crippen LogP contribution in [0.2, 0.25) is 0 Å². The van der Waals surface area contributed by atoms with Gasteiger partial charge < -0.3 is 9.47 Å². The van der Waals surface area contributed by atoms with E-state index in [4.69, 9.17) is 9.47 Å². The Bertz CT molecular complexity index is 1300. The van der Waals surface area contributed by atoms with Crippen molar-refractivity contribution in [3.05, 3.63) is 79.3 Å². The van der Waals surface area contributed by atoms with Gasteiger partial charge >= 0.3 is 5.69 Å². The largest absolute Gasteiger partial charge is 0.490 e. The summed E-state index contributed by atoms with van der Waals surface area (Å²) in [4.78, 5) is 29.0. The molecule has 0 amide bonds. The van der Waals surface area contributed by atoms with Gasteiger partial charge in [0.2, 0.25) is 5.75 Å². The minimum absolute atomic E-state index is 0.0157. The maximum atomic E-state index is 13.2. The average molecular weight is 529 g/mol. The first-order valence-electron chi connectivity index (χ1n) is 10.8. The lowest BCUT2D eigenvalue weighted by Crippen LogP contribution is -2.22. The van der Waals surface area contributed by atoms with Crippen molar-refractivity contribution in [1.29, 1.82) is 0 Å². The first-order valence-corrected chi connectivity index (χ1v) is 11.6. The Hall–Kier alpha value is -3.53. The molecule has 0 unspecified atom stereocenters. The molecule has 0 atom stereocenters. The van der Waals surface area contributed by atoms with Crippen molar-refractivity contribution in [1.82, 2.24) is 9.66 Å². The first-order chi connectivity index (χ1) is 16.4. The molecule has 9 nitrogen and oxygen atoms in total. The lowest BCUT2D eigenvalue weighted by Gasteiger charge is -2.12. The van der Waals surface area contributed by atoms with Crippen molar-refractivity contribution in [2.75, 3.05) is 13.2 Å². The zero-order chi connectivity index (χ0) is 24.7. The molecule has 0 radical (unpaired) electrons. The highest BCUT2D eigenvalue weighted by atomic mass is 79.9. The summed E-state index contributed by atoms with van der Waals surface area (Å²) in [5.74, 6) is 0.740. The highest BCUT2D eigenvalue weighted by Crippen LogP contribution is 2.38. The van der Waals surface area contributed by atoms with Crippen LogP contribution in [0.25, 0.3) is 10.9 Å². The summed E-state index contributed by atoms with van der Waals surface area (Å²) in [6.45, 7) is 7.76. The summed E-state index contributed by atoms with van der Waals surface area (Å²) < 4.78 is 13.1. The highest BCUT2D eigenvalue weighted by molar-refractivity contribution is 9.10. The molecule has 3 aromatic rings. The van der Waals surface area contributed by atoms with Crippen LogP contribution >= 0.6 is 15.9 Å². The molecule has 34 heavy (non-hydrogen) atoms. The van der Waals surface area contributed by atoms with E-state index in [1.807, 2.05) is 13.0 Å². The lowest BCUT2D eigenvalue weighted by atomic mass is 10.2. The second kappa shape index (κ2) is 11.6. The Morgan fingerprint density at radius 1 is 1.26 bits per heavy atom. The number of aryl methyl sites for hydroxylation is 1. The van der Waals surface area contributed by atoms with Gasteiger partial charge in [-0.2, -0.15) is 9.78 Å². The third-order valence-corrected chi connectivity index (χ3v) is 5.34. The molecule has 10 heteroatoms. The predicted molar refractivity (Wildman–Crippen MR) is 135 cm³/mol. The van der Waals surface area contributed by atoms with Crippen LogP contribution in [0.3, 0.4) is 0 Å². The number of nitro groups is 1. The summed E-state index contributed by atoms with van der Waals surface area (Å²) in [5, 5.41) is 16.5. The lowest BCUT2D eigenvalue weighted by molar-refractivity contribution is -0.385. The molecule has 0 N–H and O–H groups in total. The van der Waals surface area contributed by atoms with Gasteiger partial charge in [-0.25, -0.2) is 4.98 Å². The van der Waals surface area contributed by atoms with Gasteiger partial charge in [0.05, 0.1) is 28.6 Å². The number of nitrogens with zero attached hydrogens (tertiary/aromatic N) is 4. The van der Waals surface area contributed by atoms with Gasteiger partial charge in [0, 0.05) is 22.5 Å². The van der Waals surface area contributed by atoms with Crippen LogP contribution in [0.4, 0.5) is 5.69 Å². The molecule has 0 aliphatic rings. The molecule has 3 rings (SSSR count). The fourth-order valence-corrected chi connectivity index (χ4v) is 3.66. The Labute approximate surface area is 205 Å². The number of fused-ring (bicyclic) bond motifs is 1. The molecule has 0 aliphatic heterocycles. The van der Waals surface area contributed by atoms with E-state index in [2.05, 4.69) is 32.6 Å². The number of aromatic nitrogens is 2. The molecule has 0 spiro atoms. The van der Waals surface area contributed by atoms with Crippen LogP contribution < -0.4 is 15.0 Å². The molecular formula is C24H25BrN4O5. The van der Waals surface area contributed by atoms with Crippen molar-refractivity contribution in [3.63, 3.8) is 0 Å². The van der Waals surface area contributed by atoms with Crippen LogP contribution in [0, 0.1) is 10.1 Å². The molecular weight excluding hydrogens is 504 g/mol. The van der Waals surface area contributed by atoms with E-state index in [1.165, 1.54) is 23.0 Å². The minimum Gasteiger partial charge on any atom is -0.490 e. The molecule has 1 aromatic heterocycles. The van der Waals surface area contributed by atoms with Gasteiger partial charge in [-0.1, -0.05) is 41.9 Å². The van der Waals surface area contributed by atoms with Gasteiger partial charge in [-0.15, -0.1) is 0 Å². The Morgan fingerprint density at radius 2 is 2.06 bits per heavy atom. The SMILES string of the molecule is C=CCOc1c(OCC)cc(C=Nn2c(CCCC)nc3ccc(Br)cc3c2=O)cc1[N+](=O)[O-]. The Kier molecular flexibility index (Phi) is 8.53. The molecule has 0 saturated heterocycles. The smallest absolute Gasteiger partial charge is 0.315 e. The monoisotopic (exact) mass is 528 g/mol. The van der Waals surface area contributed by atoms with E-state index in [9.17, 15) is 14.9 Å². The minimum atomic E-state index is -0.549. The molecule has 0 aliphatic carbocycles. The maximum absolute atomic E-state index is 13.2. The predicted octanol–water partition coefficient (Wildman–Crippen LogP) is 5.26. The third kappa shape index (κ3) is 5.69. The van der Waals surface area contributed by atoms with Gasteiger partial charge in [0.15, 0.2) is 5.75 Å². The quantitative estimate of drug-likeness (QED) is 0.145. The maximum Gasteiger partial charge on any atom is 0.315 e. The van der Waals surface area contributed by atoms with E-state index < -0.39 is 4.92 Å². The van der Waals surface area contributed by atoms with Crippen LogP contribution in [-0.4, -0.2) is 34.0 Å². The fourth-order valence-electron chi connectivity index (χ4n) is 3.30. The van der Waals surface area contributed by atoms with Crippen LogP contribution in [0.15, 0.2) is 57.4 Å². The number of ether oxygens (including phenoxy) is 2. The number of benzene rings is 2. The third-order valence-electron chi connectivity index (χ3n) is 4.85. The number of hydrogen-bond acceptors (Lipinski definition) is 7. The normalized spacial score (nSPS) is 11.1. The van der Waals surface area contributed by atoms with Crippen molar-refractivity contribution < 1.29 is 14.4 Å². The van der Waals surface area contributed by atoms with Crippen LogP contribution in [0.1, 0.15) is 38.1 Å². The average Bonchev–Trinajstić information content (AvgIpc) is 2.81. The van der Waals surface area contributed by atoms with E-state index >= 15 is 0 Å². The van der Waals surface area contributed by atoms with Crippen molar-refractivity contribution in [2.45, 2.75) is 33.1 Å². The van der Waals surface area contributed by atoms with Gasteiger partial charge in [-0.05, 0) is 37.6 Å². The first kappa shape index (κ1) is 25.1. The Morgan fingerprint density at radius 3 is 2.74 bits per heavy atom. The summed E-state index contributed by atoms with van der Waals surface area (Å²) in [7, 11) is 0. The summed E-state index contributed by atoms with van der Waals surface area (Å²) in [6, 6.07) is 8.22. The summed E-state index contributed by atoms with van der Waals surface area (Å²) in [5.41, 5.74) is 0.375. The summed E-state index contributed by atoms with van der Waals surface area (Å²) >= 11 is 3.39. The topological polar surface area (TPSA) is 109 Å². The number of rotatable bonds is 11. The second-order valence-corrected chi connectivity index (χ2v) is 8.23. The van der Waals surface area contributed by atoms with Gasteiger partial charge in [-0.3, -0.25) is 14.9 Å². The van der Waals surface area contributed by atoms with Crippen molar-refractivity contribution in [2.24, 2.45) is 5.10 Å². The van der Waals surface area contributed by atoms with Crippen LogP contribution in [0.5, 0.6) is 11.5 Å². The van der Waals surface area contributed by atoms with E-state index in [0.717, 1.165) is 17.3 Å². The van der Waals surface area contributed by atoms with Crippen molar-refractivity contribution >= 4 is 38.7 Å². The zero-order valence-electron chi connectivity index (χ0n) is 19.0. The Balaban J connectivity index is 2.14. The number of nitro benzene ring substituents is 1.